The summed E-state index contributed by atoms with van der Waals surface area (Å²) in [6.07, 6.45) is 2.78. The third-order valence-electron chi connectivity index (χ3n) is 4.31. The fraction of sp³-hybridized carbons (Fsp3) is 0.143. The van der Waals surface area contributed by atoms with Gasteiger partial charge in [-0.25, -0.2) is 17.2 Å². The second-order valence-electron chi connectivity index (χ2n) is 6.53. The number of hydrogen-bond acceptors (Lipinski definition) is 5. The molecular weight excluding hydrogens is 428 g/mol. The lowest BCUT2D eigenvalue weighted by Crippen LogP contribution is -2.25. The van der Waals surface area contributed by atoms with Gasteiger partial charge in [-0.05, 0) is 29.3 Å². The third kappa shape index (κ3) is 5.76. The normalized spacial score (nSPS) is 11.1. The van der Waals surface area contributed by atoms with Crippen LogP contribution in [0.15, 0.2) is 60.9 Å². The Labute approximate surface area is 178 Å². The highest BCUT2D eigenvalue weighted by molar-refractivity contribution is 7.91. The molecule has 0 unspecified atom stereocenters. The molecule has 0 aliphatic carbocycles. The summed E-state index contributed by atoms with van der Waals surface area (Å²) in [5, 5.41) is 2.58. The van der Waals surface area contributed by atoms with Crippen molar-refractivity contribution in [2.75, 3.05) is 11.8 Å². The zero-order valence-corrected chi connectivity index (χ0v) is 17.2. The summed E-state index contributed by atoms with van der Waals surface area (Å²) < 4.78 is 59.2. The predicted molar refractivity (Wildman–Crippen MR) is 111 cm³/mol. The maximum absolute atomic E-state index is 13.3. The van der Waals surface area contributed by atoms with E-state index < -0.39 is 33.3 Å². The van der Waals surface area contributed by atoms with E-state index in [2.05, 4.69) is 15.0 Å². The van der Waals surface area contributed by atoms with Gasteiger partial charge in [0.25, 0.3) is 5.91 Å². The Balaban J connectivity index is 1.74. The van der Waals surface area contributed by atoms with E-state index in [1.807, 2.05) is 0 Å². The molecule has 3 aromatic rings. The Kier molecular flexibility index (Phi) is 6.81. The second kappa shape index (κ2) is 9.52. The van der Waals surface area contributed by atoms with Crippen molar-refractivity contribution in [2.24, 2.45) is 0 Å². The fourth-order valence-corrected chi connectivity index (χ4v) is 4.06. The number of hydrogen-bond donors (Lipinski definition) is 2. The van der Waals surface area contributed by atoms with Gasteiger partial charge in [0.2, 0.25) is 10.0 Å². The number of pyridine rings is 1. The molecule has 0 spiro atoms. The van der Waals surface area contributed by atoms with E-state index in [0.29, 0.717) is 11.3 Å². The SMILES string of the molecule is COc1ccncc1NS(=O)(=O)Cc1ccccc1C(=O)NCc1ccc(F)c(F)c1. The van der Waals surface area contributed by atoms with Crippen molar-refractivity contribution in [3.8, 4) is 5.75 Å². The topological polar surface area (TPSA) is 97.4 Å². The lowest BCUT2D eigenvalue weighted by molar-refractivity contribution is 0.0950. The number of anilines is 1. The summed E-state index contributed by atoms with van der Waals surface area (Å²) in [5.41, 5.74) is 0.946. The van der Waals surface area contributed by atoms with Crippen LogP contribution in [0.2, 0.25) is 0 Å². The van der Waals surface area contributed by atoms with E-state index in [1.165, 1.54) is 43.8 Å². The van der Waals surface area contributed by atoms with Crippen molar-refractivity contribution in [3.63, 3.8) is 0 Å². The van der Waals surface area contributed by atoms with Crippen LogP contribution in [-0.2, 0) is 22.3 Å². The third-order valence-corrected chi connectivity index (χ3v) is 5.53. The number of nitrogens with one attached hydrogen (secondary N) is 2. The lowest BCUT2D eigenvalue weighted by Gasteiger charge is -2.13. The highest BCUT2D eigenvalue weighted by atomic mass is 32.2. The summed E-state index contributed by atoms with van der Waals surface area (Å²) in [7, 11) is -2.49. The molecule has 0 radical (unpaired) electrons. The number of halogens is 2. The van der Waals surface area contributed by atoms with E-state index in [1.54, 1.807) is 12.1 Å². The minimum Gasteiger partial charge on any atom is -0.494 e. The molecule has 1 aromatic heterocycles. The fourth-order valence-electron chi connectivity index (χ4n) is 2.84. The predicted octanol–water partition coefficient (Wildman–Crippen LogP) is 3.24. The van der Waals surface area contributed by atoms with Crippen LogP contribution in [0, 0.1) is 11.6 Å². The molecule has 7 nitrogen and oxygen atoms in total. The van der Waals surface area contributed by atoms with Crippen molar-refractivity contribution in [1.29, 1.82) is 0 Å². The summed E-state index contributed by atoms with van der Waals surface area (Å²) in [5.74, 6) is -2.72. The molecule has 3 rings (SSSR count). The molecule has 0 saturated heterocycles. The maximum atomic E-state index is 13.3. The Morgan fingerprint density at radius 1 is 1.10 bits per heavy atom. The van der Waals surface area contributed by atoms with Crippen LogP contribution in [0.25, 0.3) is 0 Å². The van der Waals surface area contributed by atoms with Crippen LogP contribution in [0.3, 0.4) is 0 Å². The van der Waals surface area contributed by atoms with Crippen molar-refractivity contribution in [2.45, 2.75) is 12.3 Å². The molecular formula is C21H19F2N3O4S. The van der Waals surface area contributed by atoms with Gasteiger partial charge in [-0.3, -0.25) is 14.5 Å². The molecule has 2 aromatic carbocycles. The monoisotopic (exact) mass is 447 g/mol. The lowest BCUT2D eigenvalue weighted by atomic mass is 10.1. The first-order valence-electron chi connectivity index (χ1n) is 9.07. The summed E-state index contributed by atoms with van der Waals surface area (Å²) >= 11 is 0. The minimum absolute atomic E-state index is 0.0533. The molecule has 0 bridgehead atoms. The van der Waals surface area contributed by atoms with Crippen LogP contribution < -0.4 is 14.8 Å². The summed E-state index contributed by atoms with van der Waals surface area (Å²) in [6, 6.07) is 11.0. The largest absolute Gasteiger partial charge is 0.494 e. The molecule has 0 aliphatic rings. The number of amides is 1. The quantitative estimate of drug-likeness (QED) is 0.553. The number of aromatic nitrogens is 1. The van der Waals surface area contributed by atoms with Crippen LogP contribution in [0.5, 0.6) is 5.75 Å². The molecule has 2 N–H and O–H groups in total. The van der Waals surface area contributed by atoms with Gasteiger partial charge in [-0.15, -0.1) is 0 Å². The highest BCUT2D eigenvalue weighted by Crippen LogP contribution is 2.24. The molecule has 0 fully saturated rings. The standard InChI is InChI=1S/C21H19F2N3O4S/c1-30-20-8-9-24-12-19(20)26-31(28,29)13-15-4-2-3-5-16(15)21(27)25-11-14-6-7-17(22)18(23)10-14/h2-10,12,26H,11,13H2,1H3,(H,25,27). The van der Waals surface area contributed by atoms with Crippen LogP contribution >= 0.6 is 0 Å². The number of ether oxygens (including phenoxy) is 1. The zero-order valence-electron chi connectivity index (χ0n) is 16.4. The Bertz CT molecular complexity index is 1200. The number of nitrogens with zero attached hydrogens (tertiary/aromatic N) is 1. The summed E-state index contributed by atoms with van der Waals surface area (Å²) in [6.45, 7) is -0.0533. The van der Waals surface area contributed by atoms with E-state index in [-0.39, 0.29) is 23.4 Å². The number of carbonyl (C=O) groups is 1. The van der Waals surface area contributed by atoms with E-state index in [9.17, 15) is 22.0 Å². The van der Waals surface area contributed by atoms with Crippen LogP contribution in [0.4, 0.5) is 14.5 Å². The number of sulfonamides is 1. The Hall–Kier alpha value is -3.53. The maximum Gasteiger partial charge on any atom is 0.251 e. The van der Waals surface area contributed by atoms with Gasteiger partial charge < -0.3 is 10.1 Å². The first kappa shape index (κ1) is 22.2. The van der Waals surface area contributed by atoms with Crippen molar-refractivity contribution < 1.29 is 26.7 Å². The van der Waals surface area contributed by atoms with Gasteiger partial charge in [-0.1, -0.05) is 24.3 Å². The number of carbonyl (C=O) groups excluding carboxylic acids is 1. The van der Waals surface area contributed by atoms with Crippen LogP contribution in [-0.4, -0.2) is 26.4 Å². The van der Waals surface area contributed by atoms with Crippen molar-refractivity contribution >= 4 is 21.6 Å². The molecule has 31 heavy (non-hydrogen) atoms. The van der Waals surface area contributed by atoms with E-state index in [0.717, 1.165) is 12.1 Å². The summed E-state index contributed by atoms with van der Waals surface area (Å²) in [4.78, 5) is 16.5. The second-order valence-corrected chi connectivity index (χ2v) is 8.25. The first-order chi connectivity index (χ1) is 14.8. The van der Waals surface area contributed by atoms with Gasteiger partial charge in [-0.2, -0.15) is 0 Å². The molecule has 1 heterocycles. The minimum atomic E-state index is -3.90. The molecule has 162 valence electrons. The van der Waals surface area contributed by atoms with Gasteiger partial charge in [0, 0.05) is 24.4 Å². The zero-order chi connectivity index (χ0) is 22.4. The Morgan fingerprint density at radius 3 is 2.61 bits per heavy atom. The van der Waals surface area contributed by atoms with Crippen molar-refractivity contribution in [1.82, 2.24) is 10.3 Å². The van der Waals surface area contributed by atoms with Gasteiger partial charge >= 0.3 is 0 Å². The van der Waals surface area contributed by atoms with Crippen molar-refractivity contribution in [3.05, 3.63) is 89.2 Å². The van der Waals surface area contributed by atoms with Gasteiger partial charge in [0.05, 0.1) is 19.1 Å². The molecule has 10 heteroatoms. The number of benzene rings is 2. The van der Waals surface area contributed by atoms with Gasteiger partial charge in [0.15, 0.2) is 11.6 Å². The highest BCUT2D eigenvalue weighted by Gasteiger charge is 2.19. The molecule has 1 amide bonds. The van der Waals surface area contributed by atoms with Crippen LogP contribution in [0.1, 0.15) is 21.5 Å². The molecule has 0 saturated carbocycles. The molecule has 0 aliphatic heterocycles. The van der Waals surface area contributed by atoms with E-state index >= 15 is 0 Å². The average Bonchev–Trinajstić information content (AvgIpc) is 2.74. The average molecular weight is 447 g/mol. The smallest absolute Gasteiger partial charge is 0.251 e. The molecule has 0 atom stereocenters. The Morgan fingerprint density at radius 2 is 1.87 bits per heavy atom. The van der Waals surface area contributed by atoms with Gasteiger partial charge in [0.1, 0.15) is 11.4 Å². The number of methoxy groups -OCH3 is 1. The first-order valence-corrected chi connectivity index (χ1v) is 10.7. The van der Waals surface area contributed by atoms with E-state index in [4.69, 9.17) is 4.74 Å². The number of rotatable bonds is 8.